The lowest BCUT2D eigenvalue weighted by Crippen LogP contribution is -2.17. The van der Waals surface area contributed by atoms with Gasteiger partial charge in [0.05, 0.1) is 12.2 Å². The zero-order valence-electron chi connectivity index (χ0n) is 13.8. The van der Waals surface area contributed by atoms with Crippen molar-refractivity contribution < 1.29 is 14.8 Å². The Balaban J connectivity index is 1.91. The molecule has 2 aromatic heterocycles. The number of aromatic amines is 1. The number of primary amides is 1. The van der Waals surface area contributed by atoms with Gasteiger partial charge < -0.3 is 10.7 Å². The summed E-state index contributed by atoms with van der Waals surface area (Å²) in [6.45, 7) is 0. The molecule has 9 heteroatoms. The highest BCUT2D eigenvalue weighted by Crippen LogP contribution is 2.26. The van der Waals surface area contributed by atoms with Crippen molar-refractivity contribution in [3.63, 3.8) is 0 Å². The fourth-order valence-corrected chi connectivity index (χ4v) is 2.70. The lowest BCUT2D eigenvalue weighted by Gasteiger charge is -2.14. The van der Waals surface area contributed by atoms with Crippen molar-refractivity contribution in [1.29, 1.82) is 0 Å². The van der Waals surface area contributed by atoms with Crippen molar-refractivity contribution in [2.45, 2.75) is 18.9 Å². The Morgan fingerprint density at radius 2 is 2.19 bits per heavy atom. The normalized spacial score (nSPS) is 12.5. The summed E-state index contributed by atoms with van der Waals surface area (Å²) in [5.74, 6) is -1.06. The lowest BCUT2D eigenvalue weighted by atomic mass is 10.1. The van der Waals surface area contributed by atoms with Gasteiger partial charge in [0.25, 0.3) is 5.91 Å². The maximum absolute atomic E-state index is 11.2. The Bertz CT molecular complexity index is 925. The SMILES string of the molecule is NC(=O)CCC(c1cc2ccccc2[nH]1)n1cc(/C=C/C(=O)NO)nn1. The largest absolute Gasteiger partial charge is 0.370 e. The van der Waals surface area contributed by atoms with Crippen LogP contribution in [0.2, 0.25) is 0 Å². The third kappa shape index (κ3) is 3.95. The maximum Gasteiger partial charge on any atom is 0.267 e. The van der Waals surface area contributed by atoms with Crippen LogP contribution in [0.5, 0.6) is 0 Å². The monoisotopic (exact) mass is 354 g/mol. The highest BCUT2D eigenvalue weighted by Gasteiger charge is 2.19. The van der Waals surface area contributed by atoms with E-state index in [9.17, 15) is 9.59 Å². The Morgan fingerprint density at radius 3 is 2.92 bits per heavy atom. The number of hydrogen-bond acceptors (Lipinski definition) is 5. The molecule has 0 radical (unpaired) electrons. The van der Waals surface area contributed by atoms with Gasteiger partial charge in [0.15, 0.2) is 0 Å². The van der Waals surface area contributed by atoms with E-state index < -0.39 is 11.8 Å². The predicted octanol–water partition coefficient (Wildman–Crippen LogP) is 1.13. The number of nitrogens with two attached hydrogens (primary N) is 1. The number of nitrogens with zero attached hydrogens (tertiary/aromatic N) is 3. The van der Waals surface area contributed by atoms with Gasteiger partial charge in [-0.05, 0) is 30.0 Å². The van der Waals surface area contributed by atoms with Gasteiger partial charge in [-0.15, -0.1) is 5.10 Å². The zero-order valence-corrected chi connectivity index (χ0v) is 13.8. The summed E-state index contributed by atoms with van der Waals surface area (Å²) in [6.07, 6.45) is 4.85. The third-order valence-corrected chi connectivity index (χ3v) is 3.94. The minimum atomic E-state index is -0.666. The third-order valence-electron chi connectivity index (χ3n) is 3.94. The minimum absolute atomic E-state index is 0.192. The second-order valence-corrected chi connectivity index (χ2v) is 5.77. The molecule has 0 aliphatic rings. The first kappa shape index (κ1) is 17.4. The number of carbonyl (C=O) groups excluding carboxylic acids is 2. The van der Waals surface area contributed by atoms with Crippen LogP contribution in [0.1, 0.15) is 30.3 Å². The number of aromatic nitrogens is 4. The Kier molecular flexibility index (Phi) is 5.09. The molecular weight excluding hydrogens is 336 g/mol. The molecule has 2 heterocycles. The average molecular weight is 354 g/mol. The van der Waals surface area contributed by atoms with Gasteiger partial charge in [0, 0.05) is 23.7 Å². The first-order valence-electron chi connectivity index (χ1n) is 7.97. The summed E-state index contributed by atoms with van der Waals surface area (Å²) >= 11 is 0. The van der Waals surface area contributed by atoms with Crippen LogP contribution < -0.4 is 11.2 Å². The summed E-state index contributed by atoms with van der Waals surface area (Å²) in [4.78, 5) is 25.6. The molecular formula is C17H18N6O3. The van der Waals surface area contributed by atoms with Crippen LogP contribution in [0, 0.1) is 0 Å². The van der Waals surface area contributed by atoms with Gasteiger partial charge >= 0.3 is 0 Å². The molecule has 3 aromatic rings. The van der Waals surface area contributed by atoms with E-state index in [4.69, 9.17) is 10.9 Å². The van der Waals surface area contributed by atoms with E-state index in [2.05, 4.69) is 15.3 Å². The summed E-state index contributed by atoms with van der Waals surface area (Å²) in [5.41, 5.74) is 9.09. The maximum atomic E-state index is 11.2. The molecule has 26 heavy (non-hydrogen) atoms. The molecule has 0 saturated carbocycles. The lowest BCUT2D eigenvalue weighted by molar-refractivity contribution is -0.124. The van der Waals surface area contributed by atoms with Crippen LogP contribution in [0.4, 0.5) is 0 Å². The van der Waals surface area contributed by atoms with Gasteiger partial charge in [-0.3, -0.25) is 14.8 Å². The molecule has 3 rings (SSSR count). The highest BCUT2D eigenvalue weighted by atomic mass is 16.5. The molecule has 1 aromatic carbocycles. The van der Waals surface area contributed by atoms with E-state index in [1.807, 2.05) is 30.3 Å². The number of nitrogens with one attached hydrogen (secondary N) is 2. The van der Waals surface area contributed by atoms with E-state index in [-0.39, 0.29) is 12.5 Å². The molecule has 9 nitrogen and oxygen atoms in total. The van der Waals surface area contributed by atoms with Gasteiger partial charge in [-0.25, -0.2) is 10.2 Å². The number of hydrogen-bond donors (Lipinski definition) is 4. The van der Waals surface area contributed by atoms with Crippen molar-refractivity contribution in [2.75, 3.05) is 0 Å². The molecule has 1 unspecified atom stereocenters. The molecule has 1 atom stereocenters. The molecule has 0 aliphatic carbocycles. The van der Waals surface area contributed by atoms with Crippen molar-refractivity contribution in [2.24, 2.45) is 5.73 Å². The molecule has 0 fully saturated rings. The Morgan fingerprint density at radius 1 is 1.38 bits per heavy atom. The summed E-state index contributed by atoms with van der Waals surface area (Å²) < 4.78 is 1.62. The quantitative estimate of drug-likeness (QED) is 0.286. The van der Waals surface area contributed by atoms with Crippen LogP contribution in [-0.4, -0.2) is 37.0 Å². The van der Waals surface area contributed by atoms with E-state index in [1.54, 1.807) is 10.9 Å². The fourth-order valence-electron chi connectivity index (χ4n) is 2.70. The number of hydroxylamine groups is 1. The van der Waals surface area contributed by atoms with Crippen LogP contribution in [0.15, 0.2) is 42.6 Å². The Hall–Kier alpha value is -3.46. The number of benzene rings is 1. The summed E-state index contributed by atoms with van der Waals surface area (Å²) in [7, 11) is 0. The van der Waals surface area contributed by atoms with Gasteiger partial charge in [-0.1, -0.05) is 23.4 Å². The number of carbonyl (C=O) groups is 2. The van der Waals surface area contributed by atoms with E-state index >= 15 is 0 Å². The first-order chi connectivity index (χ1) is 12.6. The molecule has 0 spiro atoms. The smallest absolute Gasteiger partial charge is 0.267 e. The standard InChI is InChI=1S/C17H18N6O3/c18-16(24)7-6-15(14-9-11-3-1-2-4-13(11)19-14)23-10-12(20-22-23)5-8-17(25)21-26/h1-5,8-10,15,19,26H,6-7H2,(H2,18,24)(H,21,25)/b8-5+. The average Bonchev–Trinajstić information content (AvgIpc) is 3.26. The van der Waals surface area contributed by atoms with Crippen LogP contribution in [0.25, 0.3) is 17.0 Å². The molecule has 0 aliphatic heterocycles. The predicted molar refractivity (Wildman–Crippen MR) is 93.9 cm³/mol. The second-order valence-electron chi connectivity index (χ2n) is 5.77. The molecule has 0 bridgehead atoms. The number of amides is 2. The van der Waals surface area contributed by atoms with Crippen LogP contribution >= 0.6 is 0 Å². The minimum Gasteiger partial charge on any atom is -0.370 e. The summed E-state index contributed by atoms with van der Waals surface area (Å²) in [6, 6.07) is 9.57. The summed E-state index contributed by atoms with van der Waals surface area (Å²) in [5, 5.41) is 17.6. The number of H-pyrrole nitrogens is 1. The molecule has 5 N–H and O–H groups in total. The highest BCUT2D eigenvalue weighted by molar-refractivity contribution is 5.90. The number of fused-ring (bicyclic) bond motifs is 1. The van der Waals surface area contributed by atoms with Crippen LogP contribution in [0.3, 0.4) is 0 Å². The number of rotatable bonds is 7. The number of para-hydroxylation sites is 1. The topological polar surface area (TPSA) is 139 Å². The van der Waals surface area contributed by atoms with Gasteiger partial charge in [-0.2, -0.15) is 0 Å². The molecule has 2 amide bonds. The van der Waals surface area contributed by atoms with Crippen molar-refractivity contribution >= 4 is 28.8 Å². The van der Waals surface area contributed by atoms with Crippen LogP contribution in [-0.2, 0) is 9.59 Å². The van der Waals surface area contributed by atoms with Crippen molar-refractivity contribution in [3.8, 4) is 0 Å². The van der Waals surface area contributed by atoms with Gasteiger partial charge in [0.1, 0.15) is 5.69 Å². The zero-order chi connectivity index (χ0) is 18.5. The van der Waals surface area contributed by atoms with E-state index in [0.717, 1.165) is 22.7 Å². The fraction of sp³-hybridized carbons (Fsp3) is 0.176. The van der Waals surface area contributed by atoms with E-state index in [0.29, 0.717) is 12.1 Å². The molecule has 0 saturated heterocycles. The molecule has 134 valence electrons. The second kappa shape index (κ2) is 7.62. The van der Waals surface area contributed by atoms with E-state index in [1.165, 1.54) is 11.6 Å². The Labute approximate surface area is 148 Å². The van der Waals surface area contributed by atoms with Crippen molar-refractivity contribution in [1.82, 2.24) is 25.5 Å². The first-order valence-corrected chi connectivity index (χ1v) is 7.97. The van der Waals surface area contributed by atoms with Gasteiger partial charge in [0.2, 0.25) is 5.91 Å². The van der Waals surface area contributed by atoms with Crippen molar-refractivity contribution in [3.05, 3.63) is 54.0 Å².